The molecule has 0 aromatic heterocycles. The van der Waals surface area contributed by atoms with Crippen LogP contribution in [0.25, 0.3) is 0 Å². The van der Waals surface area contributed by atoms with E-state index in [4.69, 9.17) is 9.47 Å². The number of ether oxygens (including phenoxy) is 2. The fourth-order valence-corrected chi connectivity index (χ4v) is 2.62. The van der Waals surface area contributed by atoms with Crippen LogP contribution in [-0.2, 0) is 14.3 Å². The lowest BCUT2D eigenvalue weighted by Gasteiger charge is -2.22. The molecule has 7 heteroatoms. The van der Waals surface area contributed by atoms with E-state index in [2.05, 4.69) is 10.6 Å². The highest BCUT2D eigenvalue weighted by molar-refractivity contribution is 5.92. The van der Waals surface area contributed by atoms with E-state index in [1.807, 2.05) is 0 Å². The molecular weight excluding hydrogens is 336 g/mol. The molecule has 0 bridgehead atoms. The van der Waals surface area contributed by atoms with Crippen LogP contribution in [0.5, 0.6) is 5.75 Å². The first-order chi connectivity index (χ1) is 12.6. The lowest BCUT2D eigenvalue weighted by atomic mass is 9.96. The molecule has 0 heterocycles. The van der Waals surface area contributed by atoms with Gasteiger partial charge < -0.3 is 20.1 Å². The van der Waals surface area contributed by atoms with Gasteiger partial charge in [0.05, 0.1) is 6.54 Å². The van der Waals surface area contributed by atoms with Crippen LogP contribution in [0.1, 0.15) is 32.1 Å². The molecule has 2 N–H and O–H groups in total. The Labute approximate surface area is 152 Å². The normalized spacial score (nSPS) is 14.6. The molecule has 1 aromatic rings. The van der Waals surface area contributed by atoms with Gasteiger partial charge in [0.2, 0.25) is 0 Å². The van der Waals surface area contributed by atoms with Gasteiger partial charge >= 0.3 is 18.0 Å². The predicted octanol–water partition coefficient (Wildman–Crippen LogP) is 2.32. The van der Waals surface area contributed by atoms with Crippen LogP contribution in [-0.4, -0.2) is 37.2 Å². The van der Waals surface area contributed by atoms with Crippen LogP contribution in [0.3, 0.4) is 0 Å². The summed E-state index contributed by atoms with van der Waals surface area (Å²) in [5, 5.41) is 5.54. The van der Waals surface area contributed by atoms with Crippen molar-refractivity contribution in [2.75, 3.05) is 13.2 Å². The Bertz CT molecular complexity index is 624. The van der Waals surface area contributed by atoms with Gasteiger partial charge in [-0.05, 0) is 25.0 Å². The first kappa shape index (κ1) is 19.5. The van der Waals surface area contributed by atoms with E-state index < -0.39 is 11.9 Å². The molecule has 0 atom stereocenters. The maximum absolute atomic E-state index is 11.7. The molecule has 1 aliphatic rings. The van der Waals surface area contributed by atoms with Gasteiger partial charge in [-0.25, -0.2) is 14.4 Å². The van der Waals surface area contributed by atoms with Crippen LogP contribution in [0.2, 0.25) is 0 Å². The first-order valence-electron chi connectivity index (χ1n) is 8.79. The Morgan fingerprint density at radius 3 is 2.42 bits per heavy atom. The second-order valence-electron chi connectivity index (χ2n) is 5.97. The highest BCUT2D eigenvalue weighted by Crippen LogP contribution is 2.17. The highest BCUT2D eigenvalue weighted by atomic mass is 16.5. The maximum Gasteiger partial charge on any atom is 0.336 e. The van der Waals surface area contributed by atoms with Crippen LogP contribution in [0, 0.1) is 0 Å². The summed E-state index contributed by atoms with van der Waals surface area (Å²) in [6.45, 7) is 0.224. The number of urea groups is 1. The molecule has 140 valence electrons. The number of esters is 2. The Morgan fingerprint density at radius 2 is 1.69 bits per heavy atom. The van der Waals surface area contributed by atoms with Crippen LogP contribution in [0.4, 0.5) is 4.79 Å². The Hall–Kier alpha value is -2.83. The molecule has 0 saturated heterocycles. The molecule has 0 aliphatic heterocycles. The van der Waals surface area contributed by atoms with Gasteiger partial charge in [0.1, 0.15) is 12.4 Å². The smallest absolute Gasteiger partial charge is 0.336 e. The molecule has 1 aromatic carbocycles. The number of carbonyl (C=O) groups excluding carboxylic acids is 3. The number of amides is 2. The molecule has 0 radical (unpaired) electrons. The molecule has 2 rings (SSSR count). The van der Waals surface area contributed by atoms with Gasteiger partial charge in [0.25, 0.3) is 0 Å². The third kappa shape index (κ3) is 7.83. The summed E-state index contributed by atoms with van der Waals surface area (Å²) >= 11 is 0. The predicted molar refractivity (Wildman–Crippen MR) is 95.6 cm³/mol. The third-order valence-electron chi connectivity index (χ3n) is 3.89. The number of benzene rings is 1. The summed E-state index contributed by atoms with van der Waals surface area (Å²) in [5.41, 5.74) is 0. The highest BCUT2D eigenvalue weighted by Gasteiger charge is 2.15. The Balaban J connectivity index is 1.56. The summed E-state index contributed by atoms with van der Waals surface area (Å²) in [5.74, 6) is -0.952. The minimum absolute atomic E-state index is 0.0228. The molecule has 0 spiro atoms. The summed E-state index contributed by atoms with van der Waals surface area (Å²) in [4.78, 5) is 34.8. The minimum atomic E-state index is -0.676. The van der Waals surface area contributed by atoms with Crippen molar-refractivity contribution in [1.29, 1.82) is 0 Å². The molecule has 2 amide bonds. The first-order valence-corrected chi connectivity index (χ1v) is 8.79. The number of nitrogens with one attached hydrogen (secondary N) is 2. The second-order valence-corrected chi connectivity index (χ2v) is 5.97. The standard InChI is InChI=1S/C19H24N2O5/c22-17(11-12-18(23)26-16-9-5-2-6-10-16)25-14-13-20-19(24)21-15-7-3-1-4-8-15/h2,5-6,9-12,15H,1,3-4,7-8,13-14H2,(H2,20,21,24)/b12-11+. The van der Waals surface area contributed by atoms with E-state index in [1.165, 1.54) is 6.42 Å². The van der Waals surface area contributed by atoms with Gasteiger partial charge in [0, 0.05) is 18.2 Å². The summed E-state index contributed by atoms with van der Waals surface area (Å²) in [6.07, 6.45) is 7.51. The third-order valence-corrected chi connectivity index (χ3v) is 3.89. The zero-order chi connectivity index (χ0) is 18.6. The number of rotatable bonds is 7. The van der Waals surface area contributed by atoms with E-state index >= 15 is 0 Å². The van der Waals surface area contributed by atoms with Crippen molar-refractivity contribution >= 4 is 18.0 Å². The number of hydrogen-bond donors (Lipinski definition) is 2. The largest absolute Gasteiger partial charge is 0.461 e. The van der Waals surface area contributed by atoms with Gasteiger partial charge in [-0.1, -0.05) is 37.5 Å². The Kier molecular flexibility index (Phi) is 8.18. The van der Waals surface area contributed by atoms with Gasteiger partial charge in [-0.3, -0.25) is 0 Å². The van der Waals surface area contributed by atoms with Crippen molar-refractivity contribution in [2.45, 2.75) is 38.1 Å². The quantitative estimate of drug-likeness (QED) is 0.337. The van der Waals surface area contributed by atoms with Crippen molar-refractivity contribution in [2.24, 2.45) is 0 Å². The van der Waals surface area contributed by atoms with Crippen molar-refractivity contribution in [3.8, 4) is 5.75 Å². The van der Waals surface area contributed by atoms with Gasteiger partial charge in [-0.15, -0.1) is 0 Å². The fourth-order valence-electron chi connectivity index (χ4n) is 2.62. The maximum atomic E-state index is 11.7. The van der Waals surface area contributed by atoms with Crippen molar-refractivity contribution < 1.29 is 23.9 Å². The van der Waals surface area contributed by atoms with E-state index in [0.717, 1.165) is 37.8 Å². The fraction of sp³-hybridized carbons (Fsp3) is 0.421. The van der Waals surface area contributed by atoms with Crippen molar-refractivity contribution in [3.63, 3.8) is 0 Å². The number of hydrogen-bond acceptors (Lipinski definition) is 5. The van der Waals surface area contributed by atoms with Gasteiger partial charge in [0.15, 0.2) is 0 Å². The van der Waals surface area contributed by atoms with E-state index in [0.29, 0.717) is 5.75 Å². The molecule has 0 unspecified atom stereocenters. The van der Waals surface area contributed by atoms with E-state index in [1.54, 1.807) is 30.3 Å². The summed E-state index contributed by atoms with van der Waals surface area (Å²) < 4.78 is 9.90. The SMILES string of the molecule is O=C(NCCOC(=O)/C=C/C(=O)Oc1ccccc1)NC1CCCCC1. The zero-order valence-electron chi connectivity index (χ0n) is 14.6. The summed E-state index contributed by atoms with van der Waals surface area (Å²) in [6, 6.07) is 8.51. The topological polar surface area (TPSA) is 93.7 Å². The monoisotopic (exact) mass is 360 g/mol. The number of para-hydroxylation sites is 1. The molecule has 1 fully saturated rings. The van der Waals surface area contributed by atoms with Gasteiger partial charge in [-0.2, -0.15) is 0 Å². The zero-order valence-corrected chi connectivity index (χ0v) is 14.6. The molecule has 26 heavy (non-hydrogen) atoms. The molecule has 1 saturated carbocycles. The lowest BCUT2D eigenvalue weighted by Crippen LogP contribution is -2.43. The van der Waals surface area contributed by atoms with E-state index in [-0.39, 0.29) is 25.2 Å². The van der Waals surface area contributed by atoms with Crippen LogP contribution < -0.4 is 15.4 Å². The molecule has 7 nitrogen and oxygen atoms in total. The summed E-state index contributed by atoms with van der Waals surface area (Å²) in [7, 11) is 0. The molecule has 1 aliphatic carbocycles. The van der Waals surface area contributed by atoms with Crippen LogP contribution >= 0.6 is 0 Å². The lowest BCUT2D eigenvalue weighted by molar-refractivity contribution is -0.138. The Morgan fingerprint density at radius 1 is 1.00 bits per heavy atom. The van der Waals surface area contributed by atoms with E-state index in [9.17, 15) is 14.4 Å². The van der Waals surface area contributed by atoms with Crippen molar-refractivity contribution in [1.82, 2.24) is 10.6 Å². The second kappa shape index (κ2) is 10.9. The van der Waals surface area contributed by atoms with Crippen LogP contribution in [0.15, 0.2) is 42.5 Å². The minimum Gasteiger partial charge on any atom is -0.461 e. The average molecular weight is 360 g/mol. The number of carbonyl (C=O) groups is 3. The van der Waals surface area contributed by atoms with Crippen molar-refractivity contribution in [3.05, 3.63) is 42.5 Å². The molecular formula is C19H24N2O5. The average Bonchev–Trinajstić information content (AvgIpc) is 2.65.